The zero-order chi connectivity index (χ0) is 24.0. The van der Waals surface area contributed by atoms with Gasteiger partial charge in [-0.15, -0.1) is 0 Å². The number of carbonyl (C=O) groups excluding carboxylic acids is 2. The van der Waals surface area contributed by atoms with Crippen molar-refractivity contribution in [3.05, 3.63) is 23.5 Å². The highest BCUT2D eigenvalue weighted by Crippen LogP contribution is 2.57. The predicted octanol–water partition coefficient (Wildman–Crippen LogP) is 4.33. The van der Waals surface area contributed by atoms with Gasteiger partial charge < -0.3 is 15.4 Å². The minimum absolute atomic E-state index is 0.0481. The van der Waals surface area contributed by atoms with Crippen molar-refractivity contribution >= 4 is 18.2 Å². The summed E-state index contributed by atoms with van der Waals surface area (Å²) in [7, 11) is 1.32. The largest absolute Gasteiger partial charge is 0.453 e. The van der Waals surface area contributed by atoms with Crippen LogP contribution in [0, 0.1) is 23.7 Å². The van der Waals surface area contributed by atoms with Gasteiger partial charge in [0.15, 0.2) is 0 Å². The molecule has 0 saturated heterocycles. The SMILES string of the molecule is COC(=O)NC(C)(C)/C=C/n1ncc(C(=O)N[C@H]2C3CC4CC2C[C@](F)(C4)C3)c1CC(C)C. The van der Waals surface area contributed by atoms with Crippen LogP contribution in [0.4, 0.5) is 9.18 Å². The number of alkyl halides is 1. The molecular formula is C25H37FN4O3. The number of halogens is 1. The van der Waals surface area contributed by atoms with Gasteiger partial charge in [-0.2, -0.15) is 5.10 Å². The molecule has 4 aliphatic rings. The van der Waals surface area contributed by atoms with Crippen LogP contribution in [-0.2, 0) is 11.2 Å². The Morgan fingerprint density at radius 2 is 1.97 bits per heavy atom. The summed E-state index contributed by atoms with van der Waals surface area (Å²) in [6, 6.07) is 0.0481. The molecule has 7 nitrogen and oxygen atoms in total. The first kappa shape index (κ1) is 23.8. The second-order valence-corrected chi connectivity index (χ2v) is 11.3. The van der Waals surface area contributed by atoms with E-state index in [-0.39, 0.29) is 23.8 Å². The van der Waals surface area contributed by atoms with Crippen LogP contribution in [0.3, 0.4) is 0 Å². The Labute approximate surface area is 195 Å². The van der Waals surface area contributed by atoms with Crippen LogP contribution in [-0.4, -0.2) is 46.1 Å². The number of ether oxygens (including phenoxy) is 1. The summed E-state index contributed by atoms with van der Waals surface area (Å²) in [6.45, 7) is 7.90. The zero-order valence-electron chi connectivity index (χ0n) is 20.4. The molecule has 0 spiro atoms. The molecule has 2 amide bonds. The van der Waals surface area contributed by atoms with Gasteiger partial charge in [-0.1, -0.05) is 13.8 Å². The Balaban J connectivity index is 1.52. The average Bonchev–Trinajstić information content (AvgIpc) is 3.09. The number of nitrogens with one attached hydrogen (secondary N) is 2. The Bertz CT molecular complexity index is 922. The molecule has 1 heterocycles. The average molecular weight is 461 g/mol. The van der Waals surface area contributed by atoms with Gasteiger partial charge >= 0.3 is 6.09 Å². The van der Waals surface area contributed by atoms with Gasteiger partial charge in [-0.05, 0) is 82.1 Å². The zero-order valence-corrected chi connectivity index (χ0v) is 20.4. The molecule has 4 fully saturated rings. The van der Waals surface area contributed by atoms with E-state index in [1.54, 1.807) is 17.1 Å². The molecule has 1 aromatic rings. The molecule has 5 rings (SSSR count). The van der Waals surface area contributed by atoms with E-state index in [0.717, 1.165) is 18.5 Å². The molecule has 4 aliphatic carbocycles. The maximum atomic E-state index is 15.0. The summed E-state index contributed by atoms with van der Waals surface area (Å²) in [5.74, 6) is 1.15. The number of carbonyl (C=O) groups is 2. The highest BCUT2D eigenvalue weighted by atomic mass is 19.1. The third kappa shape index (κ3) is 5.09. The molecule has 4 bridgehead atoms. The van der Waals surface area contributed by atoms with E-state index >= 15 is 4.39 Å². The van der Waals surface area contributed by atoms with E-state index < -0.39 is 17.3 Å². The van der Waals surface area contributed by atoms with Gasteiger partial charge in [0.2, 0.25) is 0 Å². The number of hydrogen-bond donors (Lipinski definition) is 2. The van der Waals surface area contributed by atoms with Crippen LogP contribution in [0.15, 0.2) is 12.3 Å². The molecule has 0 radical (unpaired) electrons. The van der Waals surface area contributed by atoms with E-state index in [1.807, 2.05) is 19.9 Å². The fourth-order valence-corrected chi connectivity index (χ4v) is 6.30. The topological polar surface area (TPSA) is 85.2 Å². The minimum atomic E-state index is -1.01. The van der Waals surface area contributed by atoms with Crippen LogP contribution in [0.2, 0.25) is 0 Å². The van der Waals surface area contributed by atoms with Gasteiger partial charge in [0.25, 0.3) is 5.91 Å². The van der Waals surface area contributed by atoms with Crippen molar-refractivity contribution in [3.63, 3.8) is 0 Å². The van der Waals surface area contributed by atoms with Crippen molar-refractivity contribution < 1.29 is 18.7 Å². The van der Waals surface area contributed by atoms with Crippen molar-refractivity contribution in [1.29, 1.82) is 0 Å². The van der Waals surface area contributed by atoms with Crippen molar-refractivity contribution in [2.45, 2.75) is 83.5 Å². The molecule has 4 saturated carbocycles. The summed E-state index contributed by atoms with van der Waals surface area (Å²) in [5, 5.41) is 10.5. The number of methoxy groups -OCH3 is 1. The van der Waals surface area contributed by atoms with Crippen molar-refractivity contribution in [1.82, 2.24) is 20.4 Å². The molecule has 0 aromatic carbocycles. The lowest BCUT2D eigenvalue weighted by molar-refractivity contribution is -0.0906. The molecule has 0 aliphatic heterocycles. The third-order valence-electron chi connectivity index (χ3n) is 7.48. The van der Waals surface area contributed by atoms with Crippen molar-refractivity contribution in [3.8, 4) is 0 Å². The van der Waals surface area contributed by atoms with Gasteiger partial charge in [-0.3, -0.25) is 4.79 Å². The third-order valence-corrected chi connectivity index (χ3v) is 7.48. The molecule has 8 heteroatoms. The van der Waals surface area contributed by atoms with E-state index in [9.17, 15) is 9.59 Å². The number of alkyl carbamates (subject to hydrolysis) is 1. The second-order valence-electron chi connectivity index (χ2n) is 11.3. The highest BCUT2D eigenvalue weighted by Gasteiger charge is 2.56. The fraction of sp³-hybridized carbons (Fsp3) is 0.720. The van der Waals surface area contributed by atoms with Crippen LogP contribution >= 0.6 is 0 Å². The quantitative estimate of drug-likeness (QED) is 0.634. The second kappa shape index (κ2) is 8.76. The number of nitrogens with zero attached hydrogens (tertiary/aromatic N) is 2. The van der Waals surface area contributed by atoms with Gasteiger partial charge in [0, 0.05) is 12.2 Å². The van der Waals surface area contributed by atoms with Crippen LogP contribution in [0.1, 0.15) is 75.9 Å². The summed E-state index contributed by atoms with van der Waals surface area (Å²) >= 11 is 0. The smallest absolute Gasteiger partial charge is 0.407 e. The maximum absolute atomic E-state index is 15.0. The monoisotopic (exact) mass is 460 g/mol. The molecule has 33 heavy (non-hydrogen) atoms. The molecule has 2 atom stereocenters. The van der Waals surface area contributed by atoms with Crippen LogP contribution in [0.25, 0.3) is 6.20 Å². The molecule has 1 aromatic heterocycles. The normalized spacial score (nSPS) is 30.8. The Morgan fingerprint density at radius 1 is 1.30 bits per heavy atom. The molecule has 2 N–H and O–H groups in total. The summed E-state index contributed by atoms with van der Waals surface area (Å²) in [5.41, 5.74) is -0.269. The lowest BCUT2D eigenvalue weighted by Crippen LogP contribution is -2.60. The number of amides is 2. The van der Waals surface area contributed by atoms with Crippen molar-refractivity contribution in [2.75, 3.05) is 7.11 Å². The van der Waals surface area contributed by atoms with Gasteiger partial charge in [-0.25, -0.2) is 13.9 Å². The molecule has 182 valence electrons. The maximum Gasteiger partial charge on any atom is 0.407 e. The van der Waals surface area contributed by atoms with Gasteiger partial charge in [0.05, 0.1) is 30.1 Å². The molecule has 2 unspecified atom stereocenters. The van der Waals surface area contributed by atoms with E-state index in [1.165, 1.54) is 7.11 Å². The van der Waals surface area contributed by atoms with E-state index in [0.29, 0.717) is 43.1 Å². The Kier molecular flexibility index (Phi) is 6.31. The highest BCUT2D eigenvalue weighted by molar-refractivity contribution is 5.95. The van der Waals surface area contributed by atoms with Crippen LogP contribution < -0.4 is 10.6 Å². The summed E-state index contributed by atoms with van der Waals surface area (Å²) in [4.78, 5) is 25.0. The lowest BCUT2D eigenvalue weighted by atomic mass is 9.53. The first-order valence-electron chi connectivity index (χ1n) is 12.1. The van der Waals surface area contributed by atoms with Crippen molar-refractivity contribution in [2.24, 2.45) is 23.7 Å². The number of rotatable bonds is 7. The van der Waals surface area contributed by atoms with Gasteiger partial charge in [0.1, 0.15) is 5.67 Å². The standard InChI is InChI=1S/C25H37FN4O3/c1-15(2)8-20-19(14-27-30(20)7-6-24(3,4)29-23(32)33-5)22(31)28-21-17-9-16-10-18(21)13-25(26,11-16)12-17/h6-7,14-18,21H,8-13H2,1-5H3,(H,28,31)(H,29,32)/b7-6+/t16?,17?,18?,21-,25-. The summed E-state index contributed by atoms with van der Waals surface area (Å²) < 4.78 is 21.4. The fourth-order valence-electron chi connectivity index (χ4n) is 6.30. The first-order valence-corrected chi connectivity index (χ1v) is 12.1. The van der Waals surface area contributed by atoms with E-state index in [4.69, 9.17) is 0 Å². The number of aromatic nitrogens is 2. The minimum Gasteiger partial charge on any atom is -0.453 e. The predicted molar refractivity (Wildman–Crippen MR) is 124 cm³/mol. The van der Waals surface area contributed by atoms with E-state index in [2.05, 4.69) is 34.3 Å². The van der Waals surface area contributed by atoms with Crippen LogP contribution in [0.5, 0.6) is 0 Å². The lowest BCUT2D eigenvalue weighted by Gasteiger charge is -2.56. The first-order chi connectivity index (χ1) is 15.5. The Hall–Kier alpha value is -2.38. The Morgan fingerprint density at radius 3 is 2.55 bits per heavy atom. The number of hydrogen-bond acceptors (Lipinski definition) is 4. The summed E-state index contributed by atoms with van der Waals surface area (Å²) in [6.07, 6.45) is 9.30. The molecular weight excluding hydrogens is 423 g/mol.